The van der Waals surface area contributed by atoms with Gasteiger partial charge in [0.15, 0.2) is 0 Å². The van der Waals surface area contributed by atoms with E-state index in [1.807, 2.05) is 18.4 Å². The number of carbonyl (C=O) groups excluding carboxylic acids is 1. The second-order valence-corrected chi connectivity index (χ2v) is 7.11. The molecule has 3 unspecified atom stereocenters. The number of halogens is 2. The molecule has 0 aliphatic heterocycles. The van der Waals surface area contributed by atoms with Crippen LogP contribution in [-0.2, 0) is 4.79 Å². The Hall–Kier alpha value is -0.420. The molecule has 0 saturated heterocycles. The van der Waals surface area contributed by atoms with E-state index in [9.17, 15) is 4.79 Å². The quantitative estimate of drug-likeness (QED) is 0.795. The van der Waals surface area contributed by atoms with Gasteiger partial charge in [0.2, 0.25) is 5.91 Å². The minimum atomic E-state index is -0.0115. The highest BCUT2D eigenvalue weighted by molar-refractivity contribution is 7.98. The molecule has 1 aromatic carbocycles. The zero-order valence-electron chi connectivity index (χ0n) is 11.8. The van der Waals surface area contributed by atoms with Crippen LogP contribution in [0.1, 0.15) is 24.3 Å². The average Bonchev–Trinajstić information content (AvgIpc) is 3.18. The first-order chi connectivity index (χ1) is 10.0. The molecule has 1 amide bonds. The van der Waals surface area contributed by atoms with Gasteiger partial charge in [-0.3, -0.25) is 4.79 Å². The van der Waals surface area contributed by atoms with E-state index in [-0.39, 0.29) is 30.4 Å². The molecule has 116 valence electrons. The van der Waals surface area contributed by atoms with Gasteiger partial charge in [0.1, 0.15) is 0 Å². The van der Waals surface area contributed by atoms with E-state index in [4.69, 9.17) is 28.3 Å². The van der Waals surface area contributed by atoms with Gasteiger partial charge in [-0.1, -0.05) is 23.2 Å². The molecular weight excluding hydrogens is 329 g/mol. The molecule has 1 saturated carbocycles. The van der Waals surface area contributed by atoms with Gasteiger partial charge in [-0.25, -0.2) is 0 Å². The summed E-state index contributed by atoms with van der Waals surface area (Å²) in [7, 11) is 0. The fourth-order valence-electron chi connectivity index (χ4n) is 2.50. The third kappa shape index (κ3) is 4.78. The van der Waals surface area contributed by atoms with Gasteiger partial charge in [-0.05, 0) is 48.8 Å². The van der Waals surface area contributed by atoms with Gasteiger partial charge in [-0.15, -0.1) is 0 Å². The third-order valence-electron chi connectivity index (χ3n) is 3.63. The predicted molar refractivity (Wildman–Crippen MR) is 89.3 cm³/mol. The third-order valence-corrected chi connectivity index (χ3v) is 4.80. The Balaban J connectivity index is 1.94. The SMILES string of the molecule is CSCC(CCO)NC(=O)C1CC1c1cc(Cl)cc(Cl)c1. The van der Waals surface area contributed by atoms with Gasteiger partial charge in [0, 0.05) is 34.4 Å². The standard InChI is InChI=1S/C15H19Cl2NO2S/c1-21-8-12(2-3-19)18-15(20)14-7-13(14)9-4-10(16)6-11(17)5-9/h4-6,12-14,19H,2-3,7-8H2,1H3,(H,18,20). The smallest absolute Gasteiger partial charge is 0.223 e. The number of hydrogen-bond acceptors (Lipinski definition) is 3. The summed E-state index contributed by atoms with van der Waals surface area (Å²) < 4.78 is 0. The summed E-state index contributed by atoms with van der Waals surface area (Å²) in [5.74, 6) is 1.06. The molecule has 21 heavy (non-hydrogen) atoms. The number of hydrogen-bond donors (Lipinski definition) is 2. The molecule has 0 bridgehead atoms. The van der Waals surface area contributed by atoms with Crippen LogP contribution in [-0.4, -0.2) is 35.7 Å². The summed E-state index contributed by atoms with van der Waals surface area (Å²) in [5.41, 5.74) is 1.02. The van der Waals surface area contributed by atoms with Crippen LogP contribution in [0.5, 0.6) is 0 Å². The lowest BCUT2D eigenvalue weighted by molar-refractivity contribution is -0.123. The van der Waals surface area contributed by atoms with Crippen LogP contribution in [0.25, 0.3) is 0 Å². The van der Waals surface area contributed by atoms with Gasteiger partial charge in [0.25, 0.3) is 0 Å². The molecule has 1 aromatic rings. The largest absolute Gasteiger partial charge is 0.396 e. The molecule has 1 aliphatic carbocycles. The van der Waals surface area contributed by atoms with Gasteiger partial charge >= 0.3 is 0 Å². The molecule has 3 atom stereocenters. The van der Waals surface area contributed by atoms with Gasteiger partial charge in [0.05, 0.1) is 0 Å². The lowest BCUT2D eigenvalue weighted by atomic mass is 10.1. The van der Waals surface area contributed by atoms with E-state index in [1.165, 1.54) is 0 Å². The van der Waals surface area contributed by atoms with Crippen LogP contribution in [0.3, 0.4) is 0 Å². The van der Waals surface area contributed by atoms with Crippen LogP contribution < -0.4 is 5.32 Å². The topological polar surface area (TPSA) is 49.3 Å². The molecule has 0 aromatic heterocycles. The maximum absolute atomic E-state index is 12.3. The molecule has 0 spiro atoms. The van der Waals surface area contributed by atoms with Crippen molar-refractivity contribution in [1.29, 1.82) is 0 Å². The van der Waals surface area contributed by atoms with E-state index in [0.29, 0.717) is 16.5 Å². The Bertz CT molecular complexity index is 486. The van der Waals surface area contributed by atoms with Crippen molar-refractivity contribution < 1.29 is 9.90 Å². The Morgan fingerprint density at radius 3 is 2.67 bits per heavy atom. The fourth-order valence-corrected chi connectivity index (χ4v) is 3.70. The number of nitrogens with one attached hydrogen (secondary N) is 1. The number of carbonyl (C=O) groups is 1. The van der Waals surface area contributed by atoms with Crippen molar-refractivity contribution >= 4 is 40.9 Å². The highest BCUT2D eigenvalue weighted by Gasteiger charge is 2.44. The van der Waals surface area contributed by atoms with E-state index >= 15 is 0 Å². The number of thioether (sulfide) groups is 1. The first kappa shape index (κ1) is 16.9. The number of aliphatic hydroxyl groups excluding tert-OH is 1. The number of rotatable bonds is 7. The Labute approximate surface area is 139 Å². The lowest BCUT2D eigenvalue weighted by Gasteiger charge is -2.16. The molecule has 2 N–H and O–H groups in total. The monoisotopic (exact) mass is 347 g/mol. The summed E-state index contributed by atoms with van der Waals surface area (Å²) >= 11 is 13.7. The van der Waals surface area contributed by atoms with Crippen molar-refractivity contribution in [2.45, 2.75) is 24.8 Å². The first-order valence-corrected chi connectivity index (χ1v) is 9.06. The summed E-state index contributed by atoms with van der Waals surface area (Å²) in [4.78, 5) is 12.3. The summed E-state index contributed by atoms with van der Waals surface area (Å²) in [6.45, 7) is 0.0868. The van der Waals surface area contributed by atoms with Crippen molar-refractivity contribution in [1.82, 2.24) is 5.32 Å². The van der Waals surface area contributed by atoms with Crippen LogP contribution in [0.4, 0.5) is 0 Å². The Morgan fingerprint density at radius 1 is 1.43 bits per heavy atom. The second-order valence-electron chi connectivity index (χ2n) is 5.32. The van der Waals surface area contributed by atoms with E-state index in [2.05, 4.69) is 5.32 Å². The van der Waals surface area contributed by atoms with Crippen molar-refractivity contribution in [3.05, 3.63) is 33.8 Å². The van der Waals surface area contributed by atoms with Crippen LogP contribution in [0, 0.1) is 5.92 Å². The molecule has 6 heteroatoms. The van der Waals surface area contributed by atoms with Crippen molar-refractivity contribution in [3.8, 4) is 0 Å². The first-order valence-electron chi connectivity index (χ1n) is 6.91. The molecule has 1 fully saturated rings. The molecule has 3 nitrogen and oxygen atoms in total. The predicted octanol–water partition coefficient (Wildman–Crippen LogP) is 3.33. The number of aliphatic hydroxyl groups is 1. The Morgan fingerprint density at radius 2 is 2.10 bits per heavy atom. The second kappa shape index (κ2) is 7.73. The number of benzene rings is 1. The average molecular weight is 348 g/mol. The highest BCUT2D eigenvalue weighted by Crippen LogP contribution is 2.48. The lowest BCUT2D eigenvalue weighted by Crippen LogP contribution is -2.38. The van der Waals surface area contributed by atoms with Crippen LogP contribution in [0.15, 0.2) is 18.2 Å². The Kier molecular flexibility index (Phi) is 6.23. The maximum atomic E-state index is 12.3. The summed E-state index contributed by atoms with van der Waals surface area (Å²) in [6, 6.07) is 5.47. The van der Waals surface area contributed by atoms with Gasteiger partial charge < -0.3 is 10.4 Å². The van der Waals surface area contributed by atoms with E-state index < -0.39 is 0 Å². The normalized spacial score (nSPS) is 21.9. The molecule has 0 radical (unpaired) electrons. The van der Waals surface area contributed by atoms with E-state index in [1.54, 1.807) is 17.8 Å². The van der Waals surface area contributed by atoms with Crippen LogP contribution >= 0.6 is 35.0 Å². The van der Waals surface area contributed by atoms with E-state index in [0.717, 1.165) is 17.7 Å². The molecule has 0 heterocycles. The zero-order chi connectivity index (χ0) is 15.4. The molecular formula is C15H19Cl2NO2S. The molecule has 2 rings (SSSR count). The zero-order valence-corrected chi connectivity index (χ0v) is 14.1. The summed E-state index contributed by atoms with van der Waals surface area (Å²) in [5, 5.41) is 13.3. The van der Waals surface area contributed by atoms with Crippen molar-refractivity contribution in [3.63, 3.8) is 0 Å². The number of amides is 1. The van der Waals surface area contributed by atoms with Crippen molar-refractivity contribution in [2.75, 3.05) is 18.6 Å². The maximum Gasteiger partial charge on any atom is 0.223 e. The minimum absolute atomic E-state index is 0.0115. The van der Waals surface area contributed by atoms with Crippen LogP contribution in [0.2, 0.25) is 10.0 Å². The minimum Gasteiger partial charge on any atom is -0.396 e. The summed E-state index contributed by atoms with van der Waals surface area (Å²) in [6.07, 6.45) is 3.41. The van der Waals surface area contributed by atoms with Gasteiger partial charge in [-0.2, -0.15) is 11.8 Å². The fraction of sp³-hybridized carbons (Fsp3) is 0.533. The molecule has 1 aliphatic rings. The van der Waals surface area contributed by atoms with Crippen molar-refractivity contribution in [2.24, 2.45) is 5.92 Å². The highest BCUT2D eigenvalue weighted by atomic mass is 35.5.